The van der Waals surface area contributed by atoms with E-state index in [1.807, 2.05) is 24.6 Å². The Bertz CT molecular complexity index is 475. The van der Waals surface area contributed by atoms with Crippen molar-refractivity contribution in [2.24, 2.45) is 0 Å². The van der Waals surface area contributed by atoms with Crippen molar-refractivity contribution < 1.29 is 4.74 Å². The fourth-order valence-electron chi connectivity index (χ4n) is 1.73. The Morgan fingerprint density at radius 3 is 2.94 bits per heavy atom. The van der Waals surface area contributed by atoms with Crippen LogP contribution in [0.15, 0.2) is 23.8 Å². The lowest BCUT2D eigenvalue weighted by Gasteiger charge is -2.16. The minimum Gasteiger partial charge on any atom is -0.492 e. The van der Waals surface area contributed by atoms with Gasteiger partial charge < -0.3 is 10.1 Å². The molecule has 0 saturated carbocycles. The molecule has 96 valence electrons. The molecule has 1 N–H and O–H groups in total. The first kappa shape index (κ1) is 12.9. The van der Waals surface area contributed by atoms with Crippen LogP contribution in [0, 0.1) is 0 Å². The Hall–Kier alpha value is -1.53. The lowest BCUT2D eigenvalue weighted by atomic mass is 10.1. The molecule has 0 bridgehead atoms. The summed E-state index contributed by atoms with van der Waals surface area (Å²) in [5.41, 5.74) is 1.95. The molecule has 0 aromatic carbocycles. The molecule has 0 radical (unpaired) electrons. The van der Waals surface area contributed by atoms with Gasteiger partial charge in [-0.25, -0.2) is 0 Å². The van der Waals surface area contributed by atoms with E-state index in [0.29, 0.717) is 6.61 Å². The standard InChI is InChI=1S/C12H16N4OS/c1-3-14-12(11-8-18-16-15-11)9-5-10(17-4-2)7-13-6-9/h5-8,12,14H,3-4H2,1-2H3. The zero-order chi connectivity index (χ0) is 12.8. The topological polar surface area (TPSA) is 59.9 Å². The number of hydrogen-bond acceptors (Lipinski definition) is 6. The molecule has 0 aliphatic heterocycles. The highest BCUT2D eigenvalue weighted by molar-refractivity contribution is 7.03. The Balaban J connectivity index is 2.27. The summed E-state index contributed by atoms with van der Waals surface area (Å²) in [5, 5.41) is 9.45. The fraction of sp³-hybridized carbons (Fsp3) is 0.417. The third kappa shape index (κ3) is 3.02. The Morgan fingerprint density at radius 1 is 1.39 bits per heavy atom. The molecule has 2 rings (SSSR count). The molecule has 1 unspecified atom stereocenters. The lowest BCUT2D eigenvalue weighted by molar-refractivity contribution is 0.338. The van der Waals surface area contributed by atoms with Crippen LogP contribution in [0.2, 0.25) is 0 Å². The van der Waals surface area contributed by atoms with E-state index >= 15 is 0 Å². The number of nitrogens with zero attached hydrogens (tertiary/aromatic N) is 3. The summed E-state index contributed by atoms with van der Waals surface area (Å²) >= 11 is 1.35. The number of pyridine rings is 1. The third-order valence-electron chi connectivity index (χ3n) is 2.46. The van der Waals surface area contributed by atoms with E-state index in [1.54, 1.807) is 6.20 Å². The van der Waals surface area contributed by atoms with Crippen molar-refractivity contribution in [3.63, 3.8) is 0 Å². The predicted molar refractivity (Wildman–Crippen MR) is 70.8 cm³/mol. The van der Waals surface area contributed by atoms with E-state index in [-0.39, 0.29) is 6.04 Å². The van der Waals surface area contributed by atoms with Gasteiger partial charge in [0, 0.05) is 11.6 Å². The van der Waals surface area contributed by atoms with Crippen molar-refractivity contribution in [1.82, 2.24) is 19.9 Å². The maximum absolute atomic E-state index is 5.47. The van der Waals surface area contributed by atoms with Crippen molar-refractivity contribution in [2.75, 3.05) is 13.2 Å². The average molecular weight is 264 g/mol. The van der Waals surface area contributed by atoms with E-state index in [0.717, 1.165) is 23.6 Å². The maximum Gasteiger partial charge on any atom is 0.137 e. The van der Waals surface area contributed by atoms with Crippen molar-refractivity contribution in [3.05, 3.63) is 35.1 Å². The van der Waals surface area contributed by atoms with E-state index < -0.39 is 0 Å². The summed E-state index contributed by atoms with van der Waals surface area (Å²) in [6, 6.07) is 2.00. The van der Waals surface area contributed by atoms with E-state index in [4.69, 9.17) is 4.74 Å². The SMILES string of the molecule is CCNC(c1cncc(OCC)c1)c1csnn1. The average Bonchev–Trinajstić information content (AvgIpc) is 2.90. The fourth-order valence-corrected chi connectivity index (χ4v) is 2.21. The van der Waals surface area contributed by atoms with Gasteiger partial charge in [-0.15, -0.1) is 5.10 Å². The second-order valence-electron chi connectivity index (χ2n) is 3.71. The van der Waals surface area contributed by atoms with Crippen molar-refractivity contribution >= 4 is 11.5 Å². The largest absolute Gasteiger partial charge is 0.492 e. The summed E-state index contributed by atoms with van der Waals surface area (Å²) in [6.45, 7) is 5.50. The minimum absolute atomic E-state index is 0.0154. The van der Waals surface area contributed by atoms with Gasteiger partial charge in [0.1, 0.15) is 5.75 Å². The van der Waals surface area contributed by atoms with Crippen LogP contribution < -0.4 is 10.1 Å². The molecule has 18 heavy (non-hydrogen) atoms. The van der Waals surface area contributed by atoms with Gasteiger partial charge in [0.25, 0.3) is 0 Å². The van der Waals surface area contributed by atoms with E-state index in [1.165, 1.54) is 11.5 Å². The number of hydrogen-bond donors (Lipinski definition) is 1. The van der Waals surface area contributed by atoms with Gasteiger partial charge in [-0.2, -0.15) is 0 Å². The molecule has 0 spiro atoms. The zero-order valence-corrected chi connectivity index (χ0v) is 11.3. The second-order valence-corrected chi connectivity index (χ2v) is 4.32. The van der Waals surface area contributed by atoms with Gasteiger partial charge >= 0.3 is 0 Å². The normalized spacial score (nSPS) is 12.3. The Morgan fingerprint density at radius 2 is 2.28 bits per heavy atom. The predicted octanol–water partition coefficient (Wildman–Crippen LogP) is 2.03. The molecule has 0 aliphatic carbocycles. The summed E-state index contributed by atoms with van der Waals surface area (Å²) in [4.78, 5) is 4.21. The summed E-state index contributed by atoms with van der Waals surface area (Å²) in [5.74, 6) is 0.779. The molecule has 2 heterocycles. The van der Waals surface area contributed by atoms with Crippen LogP contribution in [0.25, 0.3) is 0 Å². The molecule has 2 aromatic heterocycles. The van der Waals surface area contributed by atoms with Crippen LogP contribution >= 0.6 is 11.5 Å². The summed E-state index contributed by atoms with van der Waals surface area (Å²) < 4.78 is 9.38. The van der Waals surface area contributed by atoms with Crippen molar-refractivity contribution in [2.45, 2.75) is 19.9 Å². The lowest BCUT2D eigenvalue weighted by Crippen LogP contribution is -2.22. The third-order valence-corrected chi connectivity index (χ3v) is 2.98. The molecule has 2 aromatic rings. The molecule has 0 amide bonds. The van der Waals surface area contributed by atoms with Gasteiger partial charge in [0.2, 0.25) is 0 Å². The van der Waals surface area contributed by atoms with E-state index in [2.05, 4.69) is 26.8 Å². The monoisotopic (exact) mass is 264 g/mol. The quantitative estimate of drug-likeness (QED) is 0.865. The molecule has 0 aliphatic rings. The van der Waals surface area contributed by atoms with Crippen LogP contribution in [0.4, 0.5) is 0 Å². The highest BCUT2D eigenvalue weighted by atomic mass is 32.1. The number of ether oxygens (including phenoxy) is 1. The first-order chi connectivity index (χ1) is 8.85. The van der Waals surface area contributed by atoms with Crippen molar-refractivity contribution in [1.29, 1.82) is 0 Å². The molecule has 5 nitrogen and oxygen atoms in total. The number of rotatable bonds is 6. The first-order valence-electron chi connectivity index (χ1n) is 5.93. The van der Waals surface area contributed by atoms with Crippen LogP contribution in [0.1, 0.15) is 31.1 Å². The number of aromatic nitrogens is 3. The minimum atomic E-state index is 0.0154. The smallest absolute Gasteiger partial charge is 0.137 e. The van der Waals surface area contributed by atoms with Crippen LogP contribution in [-0.2, 0) is 0 Å². The zero-order valence-electron chi connectivity index (χ0n) is 10.5. The summed E-state index contributed by atoms with van der Waals surface area (Å²) in [7, 11) is 0. The van der Waals surface area contributed by atoms with E-state index in [9.17, 15) is 0 Å². The molecular formula is C12H16N4OS. The van der Waals surface area contributed by atoms with Crippen LogP contribution in [-0.4, -0.2) is 27.7 Å². The Labute approximate surface area is 110 Å². The van der Waals surface area contributed by atoms with Gasteiger partial charge in [-0.05, 0) is 36.6 Å². The van der Waals surface area contributed by atoms with Crippen LogP contribution in [0.5, 0.6) is 5.75 Å². The molecule has 0 fully saturated rings. The van der Waals surface area contributed by atoms with Crippen LogP contribution in [0.3, 0.4) is 0 Å². The molecule has 6 heteroatoms. The van der Waals surface area contributed by atoms with Gasteiger partial charge in [0.05, 0.1) is 24.5 Å². The van der Waals surface area contributed by atoms with Gasteiger partial charge in [-0.3, -0.25) is 4.98 Å². The highest BCUT2D eigenvalue weighted by Gasteiger charge is 2.16. The second kappa shape index (κ2) is 6.42. The molecule has 1 atom stereocenters. The maximum atomic E-state index is 5.47. The molecular weight excluding hydrogens is 248 g/mol. The number of nitrogens with one attached hydrogen (secondary N) is 1. The van der Waals surface area contributed by atoms with Gasteiger partial charge in [0.15, 0.2) is 0 Å². The molecule has 0 saturated heterocycles. The van der Waals surface area contributed by atoms with Gasteiger partial charge in [-0.1, -0.05) is 11.4 Å². The summed E-state index contributed by atoms with van der Waals surface area (Å²) in [6.07, 6.45) is 3.55. The Kier molecular flexibility index (Phi) is 4.60. The highest BCUT2D eigenvalue weighted by Crippen LogP contribution is 2.23. The first-order valence-corrected chi connectivity index (χ1v) is 6.76. The van der Waals surface area contributed by atoms with Crippen molar-refractivity contribution in [3.8, 4) is 5.75 Å².